The molecule has 1 atom stereocenters. The van der Waals surface area contributed by atoms with Crippen LogP contribution in [0.3, 0.4) is 0 Å². The van der Waals surface area contributed by atoms with Gasteiger partial charge in [0.15, 0.2) is 0 Å². The molecule has 0 aromatic carbocycles. The maximum absolute atomic E-state index is 8.95. The molecule has 2 N–H and O–H groups in total. The maximum Gasteiger partial charge on any atom is 0.145 e. The van der Waals surface area contributed by atoms with Crippen LogP contribution in [0.1, 0.15) is 19.0 Å². The first kappa shape index (κ1) is 9.92. The lowest BCUT2D eigenvalue weighted by Crippen LogP contribution is -2.23. The molecule has 72 valence electrons. The van der Waals surface area contributed by atoms with Gasteiger partial charge in [-0.05, 0) is 13.3 Å². The van der Waals surface area contributed by atoms with Crippen LogP contribution in [0.5, 0.6) is 0 Å². The molecule has 1 heterocycles. The Labute approximate surface area is 78.0 Å². The van der Waals surface area contributed by atoms with Gasteiger partial charge in [0.1, 0.15) is 5.82 Å². The first-order valence-electron chi connectivity index (χ1n) is 4.42. The third-order valence-electron chi connectivity index (χ3n) is 1.82. The number of aromatic nitrogens is 2. The van der Waals surface area contributed by atoms with Crippen molar-refractivity contribution >= 4 is 5.82 Å². The number of aryl methyl sites for hydroxylation is 1. The van der Waals surface area contributed by atoms with Gasteiger partial charge in [0.25, 0.3) is 0 Å². The van der Waals surface area contributed by atoms with Gasteiger partial charge in [0.05, 0.1) is 24.5 Å². The molecule has 0 fully saturated rings. The third kappa shape index (κ3) is 2.99. The van der Waals surface area contributed by atoms with Crippen molar-refractivity contribution in [2.75, 3.05) is 11.9 Å². The zero-order valence-corrected chi connectivity index (χ0v) is 7.99. The van der Waals surface area contributed by atoms with Crippen LogP contribution in [-0.2, 0) is 0 Å². The summed E-state index contributed by atoms with van der Waals surface area (Å²) in [5, 5.41) is 12.0. The fourth-order valence-corrected chi connectivity index (χ4v) is 1.02. The fraction of sp³-hybridized carbons (Fsp3) is 0.556. The van der Waals surface area contributed by atoms with E-state index in [-0.39, 0.29) is 12.6 Å². The minimum absolute atomic E-state index is 0.0658. The molecule has 0 radical (unpaired) electrons. The smallest absolute Gasteiger partial charge is 0.145 e. The van der Waals surface area contributed by atoms with Crippen LogP contribution in [0.25, 0.3) is 0 Å². The van der Waals surface area contributed by atoms with Crippen LogP contribution in [0.4, 0.5) is 5.82 Å². The normalized spacial score (nSPS) is 12.5. The number of nitrogens with one attached hydrogen (secondary N) is 1. The second kappa shape index (κ2) is 4.77. The van der Waals surface area contributed by atoms with E-state index >= 15 is 0 Å². The molecule has 0 bridgehead atoms. The summed E-state index contributed by atoms with van der Waals surface area (Å²) in [7, 11) is 0. The lowest BCUT2D eigenvalue weighted by molar-refractivity contribution is 0.271. The number of nitrogens with zero attached hydrogens (tertiary/aromatic N) is 2. The largest absolute Gasteiger partial charge is 0.394 e. The van der Waals surface area contributed by atoms with E-state index < -0.39 is 0 Å². The van der Waals surface area contributed by atoms with Gasteiger partial charge in [0, 0.05) is 6.20 Å². The van der Waals surface area contributed by atoms with Crippen molar-refractivity contribution in [1.82, 2.24) is 9.97 Å². The van der Waals surface area contributed by atoms with E-state index in [1.165, 1.54) is 0 Å². The average molecular weight is 181 g/mol. The van der Waals surface area contributed by atoms with Gasteiger partial charge in [-0.1, -0.05) is 6.92 Å². The molecule has 13 heavy (non-hydrogen) atoms. The molecule has 0 amide bonds. The highest BCUT2D eigenvalue weighted by Crippen LogP contribution is 2.04. The first-order valence-corrected chi connectivity index (χ1v) is 4.42. The number of rotatable bonds is 4. The summed E-state index contributed by atoms with van der Waals surface area (Å²) in [6.07, 6.45) is 4.22. The molecule has 1 rings (SSSR count). The van der Waals surface area contributed by atoms with Gasteiger partial charge in [-0.3, -0.25) is 4.98 Å². The Balaban J connectivity index is 2.62. The number of aliphatic hydroxyl groups excluding tert-OH is 1. The second-order valence-electron chi connectivity index (χ2n) is 2.98. The number of hydrogen-bond donors (Lipinski definition) is 2. The molecule has 1 aromatic rings. The van der Waals surface area contributed by atoms with Gasteiger partial charge >= 0.3 is 0 Å². The average Bonchev–Trinajstić information content (AvgIpc) is 2.14. The predicted octanol–water partition coefficient (Wildman–Crippen LogP) is 0.968. The van der Waals surface area contributed by atoms with Crippen molar-refractivity contribution in [1.29, 1.82) is 0 Å². The monoisotopic (exact) mass is 181 g/mol. The standard InChI is InChI=1S/C9H15N3O/c1-3-8(6-13)12-9-5-10-4-7(2)11-9/h4-5,8,13H,3,6H2,1-2H3,(H,11,12)/t8-/m0/s1. The predicted molar refractivity (Wildman–Crippen MR) is 51.6 cm³/mol. The number of anilines is 1. The molecule has 0 spiro atoms. The van der Waals surface area contributed by atoms with Crippen LogP contribution in [0.2, 0.25) is 0 Å². The zero-order valence-electron chi connectivity index (χ0n) is 7.99. The molecule has 1 aromatic heterocycles. The summed E-state index contributed by atoms with van der Waals surface area (Å²) in [6, 6.07) is 0.0658. The molecular formula is C9H15N3O. The van der Waals surface area contributed by atoms with Crippen LogP contribution in [0.15, 0.2) is 12.4 Å². The van der Waals surface area contributed by atoms with Gasteiger partial charge in [-0.25, -0.2) is 4.98 Å². The Morgan fingerprint density at radius 1 is 1.54 bits per heavy atom. The van der Waals surface area contributed by atoms with Crippen molar-refractivity contribution < 1.29 is 5.11 Å². The van der Waals surface area contributed by atoms with E-state index in [0.717, 1.165) is 17.9 Å². The van der Waals surface area contributed by atoms with E-state index in [2.05, 4.69) is 15.3 Å². The van der Waals surface area contributed by atoms with Crippen molar-refractivity contribution in [3.05, 3.63) is 18.1 Å². The Morgan fingerprint density at radius 3 is 2.85 bits per heavy atom. The SMILES string of the molecule is CC[C@@H](CO)Nc1cncc(C)n1. The third-order valence-corrected chi connectivity index (χ3v) is 1.82. The fourth-order valence-electron chi connectivity index (χ4n) is 1.02. The van der Waals surface area contributed by atoms with Crippen molar-refractivity contribution in [2.45, 2.75) is 26.3 Å². The molecule has 4 heteroatoms. The second-order valence-corrected chi connectivity index (χ2v) is 2.98. The molecule has 0 unspecified atom stereocenters. The molecule has 0 aliphatic heterocycles. The summed E-state index contributed by atoms with van der Waals surface area (Å²) in [4.78, 5) is 8.22. The van der Waals surface area contributed by atoms with Crippen molar-refractivity contribution in [3.63, 3.8) is 0 Å². The minimum atomic E-state index is 0.0658. The van der Waals surface area contributed by atoms with E-state index in [9.17, 15) is 0 Å². The van der Waals surface area contributed by atoms with Crippen LogP contribution in [-0.4, -0.2) is 27.7 Å². The summed E-state index contributed by atoms with van der Waals surface area (Å²) < 4.78 is 0. The number of hydrogen-bond acceptors (Lipinski definition) is 4. The van der Waals surface area contributed by atoms with Crippen LogP contribution >= 0.6 is 0 Å². The zero-order chi connectivity index (χ0) is 9.68. The quantitative estimate of drug-likeness (QED) is 0.726. The Hall–Kier alpha value is -1.16. The highest BCUT2D eigenvalue weighted by atomic mass is 16.3. The minimum Gasteiger partial charge on any atom is -0.394 e. The summed E-state index contributed by atoms with van der Waals surface area (Å²) in [6.45, 7) is 4.02. The van der Waals surface area contributed by atoms with Gasteiger partial charge in [0.2, 0.25) is 0 Å². The molecule has 0 saturated carbocycles. The molecule has 0 saturated heterocycles. The summed E-state index contributed by atoms with van der Waals surface area (Å²) >= 11 is 0. The van der Waals surface area contributed by atoms with Crippen LogP contribution in [0, 0.1) is 6.92 Å². The van der Waals surface area contributed by atoms with Crippen LogP contribution < -0.4 is 5.32 Å². The van der Waals surface area contributed by atoms with E-state index in [1.54, 1.807) is 12.4 Å². The topological polar surface area (TPSA) is 58.0 Å². The lowest BCUT2D eigenvalue weighted by atomic mass is 10.2. The summed E-state index contributed by atoms with van der Waals surface area (Å²) in [5.74, 6) is 0.723. The number of aliphatic hydroxyl groups is 1. The van der Waals surface area contributed by atoms with Crippen molar-refractivity contribution in [3.8, 4) is 0 Å². The van der Waals surface area contributed by atoms with Crippen molar-refractivity contribution in [2.24, 2.45) is 0 Å². The highest BCUT2D eigenvalue weighted by molar-refractivity contribution is 5.32. The maximum atomic E-state index is 8.95. The van der Waals surface area contributed by atoms with E-state index in [1.807, 2.05) is 13.8 Å². The first-order chi connectivity index (χ1) is 6.26. The van der Waals surface area contributed by atoms with E-state index in [4.69, 9.17) is 5.11 Å². The van der Waals surface area contributed by atoms with E-state index in [0.29, 0.717) is 0 Å². The van der Waals surface area contributed by atoms with Gasteiger partial charge in [-0.15, -0.1) is 0 Å². The molecule has 4 nitrogen and oxygen atoms in total. The summed E-state index contributed by atoms with van der Waals surface area (Å²) in [5.41, 5.74) is 0.873. The van der Waals surface area contributed by atoms with Gasteiger partial charge in [-0.2, -0.15) is 0 Å². The Morgan fingerprint density at radius 2 is 2.31 bits per heavy atom. The highest BCUT2D eigenvalue weighted by Gasteiger charge is 2.04. The molecular weight excluding hydrogens is 166 g/mol. The van der Waals surface area contributed by atoms with Gasteiger partial charge < -0.3 is 10.4 Å². The lowest BCUT2D eigenvalue weighted by Gasteiger charge is -2.14. The Kier molecular flexibility index (Phi) is 3.64. The molecule has 0 aliphatic carbocycles. The molecule has 0 aliphatic rings. The Bertz CT molecular complexity index is 261.